The van der Waals surface area contributed by atoms with Crippen LogP contribution in [0, 0.1) is 0 Å². The SMILES string of the molecule is Nc1ccc(NC2=CC=CCC2)cc1. The lowest BCUT2D eigenvalue weighted by molar-refractivity contribution is 0.967. The van der Waals surface area contributed by atoms with E-state index in [0.717, 1.165) is 24.2 Å². The Bertz CT molecular complexity index is 360. The van der Waals surface area contributed by atoms with E-state index < -0.39 is 0 Å². The van der Waals surface area contributed by atoms with E-state index in [1.807, 2.05) is 24.3 Å². The van der Waals surface area contributed by atoms with Crippen LogP contribution in [0.1, 0.15) is 12.8 Å². The molecule has 0 aliphatic heterocycles. The molecule has 0 spiro atoms. The molecule has 1 aliphatic rings. The summed E-state index contributed by atoms with van der Waals surface area (Å²) in [6.07, 6.45) is 8.58. The summed E-state index contributed by atoms with van der Waals surface area (Å²) in [7, 11) is 0. The lowest BCUT2D eigenvalue weighted by atomic mass is 10.1. The van der Waals surface area contributed by atoms with Gasteiger partial charge in [0.05, 0.1) is 0 Å². The Morgan fingerprint density at radius 2 is 1.93 bits per heavy atom. The predicted molar refractivity (Wildman–Crippen MR) is 60.9 cm³/mol. The van der Waals surface area contributed by atoms with E-state index in [1.54, 1.807) is 0 Å². The van der Waals surface area contributed by atoms with E-state index in [2.05, 4.69) is 23.5 Å². The van der Waals surface area contributed by atoms with Crippen molar-refractivity contribution >= 4 is 11.4 Å². The summed E-state index contributed by atoms with van der Waals surface area (Å²) in [6.45, 7) is 0. The van der Waals surface area contributed by atoms with Crippen molar-refractivity contribution in [3.63, 3.8) is 0 Å². The van der Waals surface area contributed by atoms with E-state index in [4.69, 9.17) is 5.73 Å². The van der Waals surface area contributed by atoms with Crippen LogP contribution in [-0.2, 0) is 0 Å². The lowest BCUT2D eigenvalue weighted by Gasteiger charge is -2.12. The predicted octanol–water partition coefficient (Wildman–Crippen LogP) is 2.91. The zero-order valence-electron chi connectivity index (χ0n) is 8.03. The zero-order chi connectivity index (χ0) is 9.80. The van der Waals surface area contributed by atoms with Gasteiger partial charge in [0, 0.05) is 17.1 Å². The highest BCUT2D eigenvalue weighted by molar-refractivity contribution is 5.54. The number of nitrogens with two attached hydrogens (primary N) is 1. The maximum absolute atomic E-state index is 5.61. The Balaban J connectivity index is 2.07. The van der Waals surface area contributed by atoms with Crippen molar-refractivity contribution in [2.45, 2.75) is 12.8 Å². The van der Waals surface area contributed by atoms with Crippen molar-refractivity contribution in [1.82, 2.24) is 0 Å². The third kappa shape index (κ3) is 2.16. The number of rotatable bonds is 2. The summed E-state index contributed by atoms with van der Waals surface area (Å²) < 4.78 is 0. The summed E-state index contributed by atoms with van der Waals surface area (Å²) in [6, 6.07) is 7.80. The second-order valence-corrected chi connectivity index (χ2v) is 3.41. The molecule has 0 heterocycles. The molecule has 1 aromatic carbocycles. The molecule has 14 heavy (non-hydrogen) atoms. The molecule has 2 nitrogen and oxygen atoms in total. The van der Waals surface area contributed by atoms with Crippen LogP contribution in [0.15, 0.2) is 48.2 Å². The van der Waals surface area contributed by atoms with Crippen molar-refractivity contribution in [2.24, 2.45) is 0 Å². The van der Waals surface area contributed by atoms with Crippen LogP contribution in [-0.4, -0.2) is 0 Å². The Kier molecular flexibility index (Phi) is 2.54. The number of allylic oxidation sites excluding steroid dienone is 4. The molecule has 0 amide bonds. The first-order valence-electron chi connectivity index (χ1n) is 4.83. The average Bonchev–Trinajstić information content (AvgIpc) is 2.23. The Hall–Kier alpha value is -1.70. The minimum Gasteiger partial charge on any atom is -0.399 e. The van der Waals surface area contributed by atoms with E-state index in [1.165, 1.54) is 5.70 Å². The minimum atomic E-state index is 0.799. The Morgan fingerprint density at radius 1 is 1.14 bits per heavy atom. The van der Waals surface area contributed by atoms with Gasteiger partial charge in [-0.05, 0) is 43.2 Å². The summed E-state index contributed by atoms with van der Waals surface area (Å²) in [5, 5.41) is 3.36. The van der Waals surface area contributed by atoms with Gasteiger partial charge in [-0.25, -0.2) is 0 Å². The third-order valence-corrected chi connectivity index (χ3v) is 2.23. The molecular weight excluding hydrogens is 172 g/mol. The highest BCUT2D eigenvalue weighted by atomic mass is 14.9. The van der Waals surface area contributed by atoms with Gasteiger partial charge in [-0.1, -0.05) is 12.2 Å². The molecule has 2 heteroatoms. The van der Waals surface area contributed by atoms with Gasteiger partial charge in [-0.15, -0.1) is 0 Å². The fraction of sp³-hybridized carbons (Fsp3) is 0.167. The monoisotopic (exact) mass is 186 g/mol. The van der Waals surface area contributed by atoms with Crippen LogP contribution in [0.4, 0.5) is 11.4 Å². The van der Waals surface area contributed by atoms with Gasteiger partial charge >= 0.3 is 0 Å². The molecule has 1 aromatic rings. The van der Waals surface area contributed by atoms with Gasteiger partial charge < -0.3 is 11.1 Å². The van der Waals surface area contributed by atoms with Gasteiger partial charge in [0.1, 0.15) is 0 Å². The first kappa shape index (κ1) is 8.88. The Labute approximate surface area is 84.1 Å². The van der Waals surface area contributed by atoms with Crippen LogP contribution in [0.5, 0.6) is 0 Å². The van der Waals surface area contributed by atoms with Gasteiger partial charge in [0.15, 0.2) is 0 Å². The molecule has 72 valence electrons. The van der Waals surface area contributed by atoms with E-state index in [0.29, 0.717) is 0 Å². The van der Waals surface area contributed by atoms with Crippen LogP contribution in [0.25, 0.3) is 0 Å². The van der Waals surface area contributed by atoms with Crippen molar-refractivity contribution in [3.05, 3.63) is 48.2 Å². The molecule has 0 bridgehead atoms. The molecule has 0 fully saturated rings. The van der Waals surface area contributed by atoms with Crippen LogP contribution < -0.4 is 11.1 Å². The highest BCUT2D eigenvalue weighted by Gasteiger charge is 1.99. The molecule has 0 radical (unpaired) electrons. The van der Waals surface area contributed by atoms with Crippen LogP contribution in [0.2, 0.25) is 0 Å². The molecule has 1 aliphatic carbocycles. The second kappa shape index (κ2) is 4.01. The maximum Gasteiger partial charge on any atom is 0.0383 e. The quantitative estimate of drug-likeness (QED) is 0.697. The zero-order valence-corrected chi connectivity index (χ0v) is 8.03. The summed E-state index contributed by atoms with van der Waals surface area (Å²) >= 11 is 0. The number of hydrogen-bond donors (Lipinski definition) is 2. The molecule has 0 saturated carbocycles. The van der Waals surface area contributed by atoms with Crippen molar-refractivity contribution < 1.29 is 0 Å². The van der Waals surface area contributed by atoms with E-state index in [9.17, 15) is 0 Å². The number of anilines is 2. The smallest absolute Gasteiger partial charge is 0.0383 e. The number of benzene rings is 1. The maximum atomic E-state index is 5.61. The van der Waals surface area contributed by atoms with Crippen molar-refractivity contribution in [2.75, 3.05) is 11.1 Å². The van der Waals surface area contributed by atoms with Gasteiger partial charge in [-0.2, -0.15) is 0 Å². The molecule has 2 rings (SSSR count). The summed E-state index contributed by atoms with van der Waals surface area (Å²) in [5.41, 5.74) is 8.76. The first-order valence-corrected chi connectivity index (χ1v) is 4.83. The standard InChI is InChI=1S/C12H14N2/c13-10-6-8-12(9-7-10)14-11-4-2-1-3-5-11/h1-2,4,6-9,14H,3,5,13H2. The topological polar surface area (TPSA) is 38.0 Å². The molecule has 0 saturated heterocycles. The molecule has 3 N–H and O–H groups in total. The largest absolute Gasteiger partial charge is 0.399 e. The van der Waals surface area contributed by atoms with E-state index >= 15 is 0 Å². The Morgan fingerprint density at radius 3 is 2.57 bits per heavy atom. The molecule has 0 unspecified atom stereocenters. The number of nitrogen functional groups attached to an aromatic ring is 1. The molecule has 0 atom stereocenters. The summed E-state index contributed by atoms with van der Waals surface area (Å²) in [4.78, 5) is 0. The highest BCUT2D eigenvalue weighted by Crippen LogP contribution is 2.17. The van der Waals surface area contributed by atoms with Gasteiger partial charge in [-0.3, -0.25) is 0 Å². The minimum absolute atomic E-state index is 0.799. The fourth-order valence-electron chi connectivity index (χ4n) is 1.46. The fourth-order valence-corrected chi connectivity index (χ4v) is 1.46. The van der Waals surface area contributed by atoms with Crippen molar-refractivity contribution in [3.8, 4) is 0 Å². The van der Waals surface area contributed by atoms with Crippen molar-refractivity contribution in [1.29, 1.82) is 0 Å². The van der Waals surface area contributed by atoms with Crippen LogP contribution in [0.3, 0.4) is 0 Å². The number of hydrogen-bond acceptors (Lipinski definition) is 2. The average molecular weight is 186 g/mol. The second-order valence-electron chi connectivity index (χ2n) is 3.41. The number of nitrogens with one attached hydrogen (secondary N) is 1. The van der Waals surface area contributed by atoms with Crippen LogP contribution >= 0.6 is 0 Å². The summed E-state index contributed by atoms with van der Waals surface area (Å²) in [5.74, 6) is 0. The van der Waals surface area contributed by atoms with Gasteiger partial charge in [0.25, 0.3) is 0 Å². The first-order chi connectivity index (χ1) is 6.84. The third-order valence-electron chi connectivity index (χ3n) is 2.23. The van der Waals surface area contributed by atoms with Gasteiger partial charge in [0.2, 0.25) is 0 Å². The lowest BCUT2D eigenvalue weighted by Crippen LogP contribution is -2.00. The van der Waals surface area contributed by atoms with E-state index in [-0.39, 0.29) is 0 Å². The molecule has 0 aromatic heterocycles. The molecular formula is C12H14N2. The normalized spacial score (nSPS) is 15.0.